The molecule has 3 heteroatoms. The van der Waals surface area contributed by atoms with Gasteiger partial charge in [0.05, 0.1) is 5.02 Å². The largest absolute Gasteiger partial charge is 0.354 e. The fourth-order valence-corrected chi connectivity index (χ4v) is 3.42. The zero-order valence-electron chi connectivity index (χ0n) is 11.9. The van der Waals surface area contributed by atoms with Crippen LogP contribution in [0, 0.1) is 13.8 Å². The number of nitrogens with one attached hydrogen (secondary N) is 1. The Kier molecular flexibility index (Phi) is 2.63. The maximum atomic E-state index is 6.45. The minimum atomic E-state index is 0.797. The van der Waals surface area contributed by atoms with Gasteiger partial charge in [-0.15, -0.1) is 0 Å². The molecule has 0 amide bonds. The average molecular weight is 295 g/mol. The molecule has 4 rings (SSSR count). The zero-order chi connectivity index (χ0) is 14.6. The summed E-state index contributed by atoms with van der Waals surface area (Å²) in [5.41, 5.74) is 5.93. The first-order valence-corrected chi connectivity index (χ1v) is 7.38. The molecule has 0 saturated carbocycles. The smallest absolute Gasteiger partial charge is 0.0506 e. The number of benzene rings is 2. The molecule has 0 saturated heterocycles. The number of halogens is 1. The van der Waals surface area contributed by atoms with Gasteiger partial charge in [0.25, 0.3) is 0 Å². The van der Waals surface area contributed by atoms with E-state index in [1.54, 1.807) is 0 Å². The molecule has 4 aromatic rings. The van der Waals surface area contributed by atoms with Gasteiger partial charge in [-0.1, -0.05) is 17.7 Å². The van der Waals surface area contributed by atoms with Crippen LogP contribution in [0.3, 0.4) is 0 Å². The Morgan fingerprint density at radius 2 is 1.76 bits per heavy atom. The molecule has 0 aliphatic heterocycles. The normalized spacial score (nSPS) is 11.6. The maximum absolute atomic E-state index is 6.45. The highest BCUT2D eigenvalue weighted by Gasteiger charge is 2.15. The van der Waals surface area contributed by atoms with Crippen LogP contribution in [0.15, 0.2) is 48.8 Å². The van der Waals surface area contributed by atoms with E-state index in [9.17, 15) is 0 Å². The van der Waals surface area contributed by atoms with Crippen molar-refractivity contribution in [2.24, 2.45) is 0 Å². The predicted molar refractivity (Wildman–Crippen MR) is 89.6 cm³/mol. The summed E-state index contributed by atoms with van der Waals surface area (Å²) >= 11 is 6.45. The molecule has 2 heterocycles. The van der Waals surface area contributed by atoms with Gasteiger partial charge in [0.15, 0.2) is 0 Å². The van der Waals surface area contributed by atoms with E-state index in [1.165, 1.54) is 27.7 Å². The number of nitrogens with zero attached hydrogens (tertiary/aromatic N) is 1. The van der Waals surface area contributed by atoms with Crippen LogP contribution in [0.25, 0.3) is 27.5 Å². The summed E-state index contributed by atoms with van der Waals surface area (Å²) in [7, 11) is 0. The molecular weight excluding hydrogens is 280 g/mol. The molecule has 0 bridgehead atoms. The van der Waals surface area contributed by atoms with Crippen LogP contribution in [0.5, 0.6) is 0 Å². The summed E-state index contributed by atoms with van der Waals surface area (Å²) in [6, 6.07) is 12.3. The van der Waals surface area contributed by atoms with E-state index in [2.05, 4.69) is 47.9 Å². The molecule has 2 aromatic heterocycles. The zero-order valence-corrected chi connectivity index (χ0v) is 12.7. The van der Waals surface area contributed by atoms with Crippen molar-refractivity contribution in [3.8, 4) is 5.69 Å². The van der Waals surface area contributed by atoms with E-state index in [-0.39, 0.29) is 0 Å². The minimum Gasteiger partial charge on any atom is -0.354 e. The molecule has 1 N–H and O–H groups in total. The van der Waals surface area contributed by atoms with Crippen LogP contribution in [-0.2, 0) is 0 Å². The maximum Gasteiger partial charge on any atom is 0.0506 e. The molecule has 0 atom stereocenters. The standard InChI is InChI=1S/C18H15ClN2/c1-11-10-15(21-8-3-4-9-21)12(2)16-17-13(19)6-5-7-14(17)20-18(11)16/h3-10,20H,1-2H3. The molecule has 2 nitrogen and oxygen atoms in total. The van der Waals surface area contributed by atoms with Crippen LogP contribution in [0.2, 0.25) is 5.02 Å². The Bertz CT molecular complexity index is 962. The van der Waals surface area contributed by atoms with Crippen molar-refractivity contribution in [1.29, 1.82) is 0 Å². The lowest BCUT2D eigenvalue weighted by molar-refractivity contribution is 1.06. The summed E-state index contributed by atoms with van der Waals surface area (Å²) in [5.74, 6) is 0. The third kappa shape index (κ3) is 1.72. The van der Waals surface area contributed by atoms with Crippen LogP contribution in [0.1, 0.15) is 11.1 Å². The molecule has 21 heavy (non-hydrogen) atoms. The number of aromatic amines is 1. The highest BCUT2D eigenvalue weighted by atomic mass is 35.5. The topological polar surface area (TPSA) is 20.7 Å². The number of H-pyrrole nitrogens is 1. The van der Waals surface area contributed by atoms with Gasteiger partial charge in [-0.05, 0) is 55.3 Å². The summed E-state index contributed by atoms with van der Waals surface area (Å²) < 4.78 is 2.15. The Hall–Kier alpha value is -2.19. The summed E-state index contributed by atoms with van der Waals surface area (Å²) in [6.45, 7) is 4.30. The fourth-order valence-electron chi connectivity index (χ4n) is 3.15. The number of hydrogen-bond acceptors (Lipinski definition) is 0. The van der Waals surface area contributed by atoms with Gasteiger partial charge in [-0.3, -0.25) is 0 Å². The van der Waals surface area contributed by atoms with Crippen LogP contribution < -0.4 is 0 Å². The number of hydrogen-bond donors (Lipinski definition) is 1. The summed E-state index contributed by atoms with van der Waals surface area (Å²) in [5, 5.41) is 3.13. The molecule has 0 spiro atoms. The van der Waals surface area contributed by atoms with Gasteiger partial charge in [-0.2, -0.15) is 0 Å². The number of aryl methyl sites for hydroxylation is 2. The van der Waals surface area contributed by atoms with Crippen molar-refractivity contribution in [2.45, 2.75) is 13.8 Å². The SMILES string of the molecule is Cc1cc(-n2cccc2)c(C)c2c1[nH]c1cccc(Cl)c12. The molecule has 0 fully saturated rings. The third-order valence-electron chi connectivity index (χ3n) is 4.16. The Balaban J connectivity index is 2.22. The van der Waals surface area contributed by atoms with Gasteiger partial charge in [0.2, 0.25) is 0 Å². The molecule has 0 radical (unpaired) electrons. The van der Waals surface area contributed by atoms with Crippen molar-refractivity contribution in [2.75, 3.05) is 0 Å². The van der Waals surface area contributed by atoms with E-state index >= 15 is 0 Å². The Morgan fingerprint density at radius 3 is 2.52 bits per heavy atom. The molecule has 0 aliphatic rings. The highest BCUT2D eigenvalue weighted by Crippen LogP contribution is 2.37. The van der Waals surface area contributed by atoms with Crippen LogP contribution in [-0.4, -0.2) is 9.55 Å². The number of aromatic nitrogens is 2. The summed E-state index contributed by atoms with van der Waals surface area (Å²) in [6.07, 6.45) is 4.15. The van der Waals surface area contributed by atoms with Gasteiger partial charge >= 0.3 is 0 Å². The second-order valence-electron chi connectivity index (χ2n) is 5.47. The van der Waals surface area contributed by atoms with Crippen molar-refractivity contribution in [3.05, 3.63) is 64.9 Å². The second kappa shape index (κ2) is 4.40. The molecule has 104 valence electrons. The van der Waals surface area contributed by atoms with Crippen molar-refractivity contribution < 1.29 is 0 Å². The lowest BCUT2D eigenvalue weighted by atomic mass is 10.0. The van der Waals surface area contributed by atoms with Crippen molar-refractivity contribution in [1.82, 2.24) is 9.55 Å². The third-order valence-corrected chi connectivity index (χ3v) is 4.48. The lowest BCUT2D eigenvalue weighted by Gasteiger charge is -2.11. The van der Waals surface area contributed by atoms with Gasteiger partial charge in [-0.25, -0.2) is 0 Å². The first kappa shape index (κ1) is 12.5. The van der Waals surface area contributed by atoms with Crippen LogP contribution in [0.4, 0.5) is 0 Å². The average Bonchev–Trinajstić information content (AvgIpc) is 3.10. The molecule has 2 aromatic carbocycles. The number of fused-ring (bicyclic) bond motifs is 3. The second-order valence-corrected chi connectivity index (χ2v) is 5.87. The molecular formula is C18H15ClN2. The Morgan fingerprint density at radius 1 is 1.00 bits per heavy atom. The summed E-state index contributed by atoms with van der Waals surface area (Å²) in [4.78, 5) is 3.51. The van der Waals surface area contributed by atoms with Gasteiger partial charge in [0, 0.05) is 39.9 Å². The fraction of sp³-hybridized carbons (Fsp3) is 0.111. The first-order chi connectivity index (χ1) is 10.2. The monoisotopic (exact) mass is 294 g/mol. The van der Waals surface area contributed by atoms with E-state index in [0.29, 0.717) is 0 Å². The van der Waals surface area contributed by atoms with E-state index in [0.717, 1.165) is 15.9 Å². The number of rotatable bonds is 1. The first-order valence-electron chi connectivity index (χ1n) is 7.00. The van der Waals surface area contributed by atoms with Gasteiger partial charge in [0.1, 0.15) is 0 Å². The Labute approximate surface area is 128 Å². The minimum absolute atomic E-state index is 0.797. The molecule has 0 unspecified atom stereocenters. The van der Waals surface area contributed by atoms with Crippen molar-refractivity contribution >= 4 is 33.4 Å². The van der Waals surface area contributed by atoms with Gasteiger partial charge < -0.3 is 9.55 Å². The van der Waals surface area contributed by atoms with E-state index in [1.807, 2.05) is 24.3 Å². The lowest BCUT2D eigenvalue weighted by Crippen LogP contribution is -1.95. The predicted octanol–water partition coefficient (Wildman–Crippen LogP) is 5.38. The van der Waals surface area contributed by atoms with E-state index in [4.69, 9.17) is 11.6 Å². The van der Waals surface area contributed by atoms with E-state index < -0.39 is 0 Å². The quantitative estimate of drug-likeness (QED) is 0.486. The highest BCUT2D eigenvalue weighted by molar-refractivity contribution is 6.38. The molecule has 0 aliphatic carbocycles. The van der Waals surface area contributed by atoms with Crippen LogP contribution >= 0.6 is 11.6 Å². The van der Waals surface area contributed by atoms with Crippen molar-refractivity contribution in [3.63, 3.8) is 0 Å².